The van der Waals surface area contributed by atoms with E-state index in [-0.39, 0.29) is 41.2 Å². The Kier molecular flexibility index (Phi) is 19.2. The Bertz CT molecular complexity index is 278. The molecular formula is C15H30NNaO3S. The van der Waals surface area contributed by atoms with Crippen LogP contribution in [-0.2, 0) is 15.9 Å². The summed E-state index contributed by atoms with van der Waals surface area (Å²) < 4.78 is 20.8. The van der Waals surface area contributed by atoms with Crippen LogP contribution in [0.4, 0.5) is 0 Å². The van der Waals surface area contributed by atoms with Crippen LogP contribution in [0.1, 0.15) is 71.1 Å². The molecule has 1 unspecified atom stereocenters. The maximum Gasteiger partial charge on any atom is 1.00 e. The maximum atomic E-state index is 11.7. The smallest absolute Gasteiger partial charge is 0.772 e. The van der Waals surface area contributed by atoms with Gasteiger partial charge in [-0.05, 0) is 6.42 Å². The van der Waals surface area contributed by atoms with Gasteiger partial charge in [0.15, 0.2) is 0 Å². The molecule has 0 aliphatic carbocycles. The van der Waals surface area contributed by atoms with E-state index in [0.29, 0.717) is 13.0 Å². The molecule has 120 valence electrons. The van der Waals surface area contributed by atoms with Crippen molar-refractivity contribution in [2.45, 2.75) is 71.1 Å². The summed E-state index contributed by atoms with van der Waals surface area (Å²) in [5, 5.41) is 0. The van der Waals surface area contributed by atoms with E-state index in [4.69, 9.17) is 0 Å². The number of rotatable bonds is 13. The normalized spacial score (nSPS) is 11.8. The Balaban J connectivity index is 0. The summed E-state index contributed by atoms with van der Waals surface area (Å²) in [5.74, 6) is 0.0818. The fourth-order valence-corrected chi connectivity index (χ4v) is 2.54. The molecular weight excluding hydrogens is 297 g/mol. The van der Waals surface area contributed by atoms with Crippen LogP contribution in [0.15, 0.2) is 0 Å². The van der Waals surface area contributed by atoms with Crippen LogP contribution in [0.2, 0.25) is 0 Å². The molecule has 0 spiro atoms. The summed E-state index contributed by atoms with van der Waals surface area (Å²) in [4.78, 5) is 13.2. The summed E-state index contributed by atoms with van der Waals surface area (Å²) in [7, 11) is 1.67. The van der Waals surface area contributed by atoms with Crippen molar-refractivity contribution in [3.63, 3.8) is 0 Å². The Labute approximate surface area is 155 Å². The molecule has 21 heavy (non-hydrogen) atoms. The molecule has 0 N–H and O–H groups in total. The van der Waals surface area contributed by atoms with Gasteiger partial charge < -0.3 is 9.45 Å². The van der Waals surface area contributed by atoms with E-state index in [2.05, 4.69) is 6.92 Å². The van der Waals surface area contributed by atoms with Crippen LogP contribution in [0.3, 0.4) is 0 Å². The molecule has 0 aromatic rings. The summed E-state index contributed by atoms with van der Waals surface area (Å²) in [6.45, 7) is 2.52. The molecule has 0 aliphatic rings. The molecule has 4 nitrogen and oxygen atoms in total. The molecule has 0 saturated heterocycles. The second-order valence-electron chi connectivity index (χ2n) is 5.40. The zero-order valence-corrected chi connectivity index (χ0v) is 16.9. The Morgan fingerprint density at radius 1 is 1.00 bits per heavy atom. The van der Waals surface area contributed by atoms with Crippen molar-refractivity contribution in [2.24, 2.45) is 0 Å². The number of hydrogen-bond acceptors (Lipinski definition) is 3. The van der Waals surface area contributed by atoms with Crippen molar-refractivity contribution < 1.29 is 43.1 Å². The van der Waals surface area contributed by atoms with E-state index < -0.39 is 11.1 Å². The largest absolute Gasteiger partial charge is 1.00 e. The quantitative estimate of drug-likeness (QED) is 0.277. The second kappa shape index (κ2) is 16.9. The summed E-state index contributed by atoms with van der Waals surface area (Å²) >= 11 is -2.06. The van der Waals surface area contributed by atoms with Crippen LogP contribution in [0, 0.1) is 0 Å². The topological polar surface area (TPSA) is 60.4 Å². The first-order valence-electron chi connectivity index (χ1n) is 7.87. The van der Waals surface area contributed by atoms with Crippen molar-refractivity contribution in [3.8, 4) is 0 Å². The van der Waals surface area contributed by atoms with Gasteiger partial charge in [-0.3, -0.25) is 9.00 Å². The van der Waals surface area contributed by atoms with Crippen molar-refractivity contribution in [1.29, 1.82) is 0 Å². The second-order valence-corrected chi connectivity index (χ2v) is 6.42. The first-order chi connectivity index (χ1) is 9.57. The molecule has 1 atom stereocenters. The van der Waals surface area contributed by atoms with E-state index in [9.17, 15) is 13.6 Å². The number of nitrogens with zero attached hydrogens (tertiary/aromatic N) is 1. The van der Waals surface area contributed by atoms with Crippen molar-refractivity contribution in [1.82, 2.24) is 4.90 Å². The average molecular weight is 327 g/mol. The molecule has 6 heteroatoms. The Hall–Kier alpha value is 0.580. The van der Waals surface area contributed by atoms with Gasteiger partial charge in [-0.2, -0.15) is 0 Å². The van der Waals surface area contributed by atoms with Crippen molar-refractivity contribution >= 4 is 17.0 Å². The minimum Gasteiger partial charge on any atom is -0.772 e. The van der Waals surface area contributed by atoms with Gasteiger partial charge in [0.25, 0.3) is 0 Å². The molecule has 0 heterocycles. The number of carbonyl (C=O) groups excluding carboxylic acids is 1. The Morgan fingerprint density at radius 3 is 1.95 bits per heavy atom. The molecule has 0 saturated carbocycles. The van der Waals surface area contributed by atoms with Gasteiger partial charge in [0.05, 0.1) is 0 Å². The Morgan fingerprint density at radius 2 is 1.48 bits per heavy atom. The molecule has 0 aliphatic heterocycles. The van der Waals surface area contributed by atoms with E-state index in [1.807, 2.05) is 0 Å². The molecule has 0 aromatic heterocycles. The zero-order valence-electron chi connectivity index (χ0n) is 14.1. The predicted octanol–water partition coefficient (Wildman–Crippen LogP) is 0.249. The van der Waals surface area contributed by atoms with Gasteiger partial charge in [0.1, 0.15) is 0 Å². The van der Waals surface area contributed by atoms with Crippen LogP contribution in [0.5, 0.6) is 0 Å². The average Bonchev–Trinajstić information content (AvgIpc) is 2.42. The van der Waals surface area contributed by atoms with Crippen LogP contribution >= 0.6 is 0 Å². The standard InChI is InChI=1S/C15H31NO3S.Na/c1-3-4-5-6-7-8-9-10-11-12-15(17)16(2)13-14-20(18)19;/h3-14H2,1-2H3,(H,18,19);/q;+1/p-1. The minimum absolute atomic E-state index is 0. The molecule has 0 radical (unpaired) electrons. The van der Waals surface area contributed by atoms with Gasteiger partial charge in [0.2, 0.25) is 5.91 Å². The molecule has 0 aromatic carbocycles. The number of amides is 1. The predicted molar refractivity (Wildman–Crippen MR) is 83.3 cm³/mol. The zero-order chi connectivity index (χ0) is 15.2. The first kappa shape index (κ1) is 23.8. The molecule has 0 rings (SSSR count). The third-order valence-corrected chi connectivity index (χ3v) is 4.03. The summed E-state index contributed by atoms with van der Waals surface area (Å²) in [5.41, 5.74) is 0. The molecule has 0 bridgehead atoms. The third-order valence-electron chi connectivity index (χ3n) is 3.51. The van der Waals surface area contributed by atoms with Crippen LogP contribution in [-0.4, -0.2) is 38.9 Å². The minimum atomic E-state index is -2.06. The fraction of sp³-hybridized carbons (Fsp3) is 0.933. The van der Waals surface area contributed by atoms with Crippen molar-refractivity contribution in [2.75, 3.05) is 19.3 Å². The fourth-order valence-electron chi connectivity index (χ4n) is 2.11. The molecule has 1 amide bonds. The van der Waals surface area contributed by atoms with Crippen LogP contribution < -0.4 is 29.6 Å². The number of hydrogen-bond donors (Lipinski definition) is 0. The van der Waals surface area contributed by atoms with Gasteiger partial charge >= 0.3 is 29.6 Å². The maximum absolute atomic E-state index is 11.7. The SMILES string of the molecule is CCCCCCCCCCCC(=O)N(C)CCS(=O)[O-].[Na+]. The molecule has 0 fully saturated rings. The number of unbranched alkanes of at least 4 members (excludes halogenated alkanes) is 8. The first-order valence-corrected chi connectivity index (χ1v) is 9.12. The monoisotopic (exact) mass is 327 g/mol. The van der Waals surface area contributed by atoms with Gasteiger partial charge in [-0.15, -0.1) is 0 Å². The van der Waals surface area contributed by atoms with E-state index in [1.165, 1.54) is 49.8 Å². The van der Waals surface area contributed by atoms with Crippen LogP contribution in [0.25, 0.3) is 0 Å². The van der Waals surface area contributed by atoms with Gasteiger partial charge in [-0.1, -0.05) is 69.4 Å². The van der Waals surface area contributed by atoms with Crippen molar-refractivity contribution in [3.05, 3.63) is 0 Å². The number of carbonyl (C=O) groups is 1. The summed E-state index contributed by atoms with van der Waals surface area (Å²) in [6, 6.07) is 0. The van der Waals surface area contributed by atoms with Gasteiger partial charge in [-0.25, -0.2) is 0 Å². The van der Waals surface area contributed by atoms with E-state index in [1.54, 1.807) is 7.05 Å². The van der Waals surface area contributed by atoms with E-state index in [0.717, 1.165) is 12.8 Å². The third kappa shape index (κ3) is 16.8. The van der Waals surface area contributed by atoms with Gasteiger partial charge in [0, 0.05) is 25.8 Å². The van der Waals surface area contributed by atoms with E-state index >= 15 is 0 Å². The summed E-state index contributed by atoms with van der Waals surface area (Å²) in [6.07, 6.45) is 11.6.